The zero-order valence-corrected chi connectivity index (χ0v) is 10.3. The lowest BCUT2D eigenvalue weighted by molar-refractivity contribution is 1.16. The first-order valence-corrected chi connectivity index (χ1v) is 5.56. The topological polar surface area (TPSA) is 63.8 Å². The zero-order chi connectivity index (χ0) is 11.5. The second kappa shape index (κ2) is 4.49. The SMILES string of the molecule is Cc1ccccc1Nc1ncnc(N)c1Br. The Labute approximate surface area is 102 Å². The predicted molar refractivity (Wildman–Crippen MR) is 68.6 cm³/mol. The largest absolute Gasteiger partial charge is 0.383 e. The lowest BCUT2D eigenvalue weighted by Gasteiger charge is -2.10. The summed E-state index contributed by atoms with van der Waals surface area (Å²) in [4.78, 5) is 8.01. The van der Waals surface area contributed by atoms with Gasteiger partial charge in [-0.05, 0) is 34.5 Å². The number of aryl methyl sites for hydroxylation is 1. The van der Waals surface area contributed by atoms with Crippen LogP contribution in [0.5, 0.6) is 0 Å². The third kappa shape index (κ3) is 2.14. The third-order valence-electron chi connectivity index (χ3n) is 2.21. The molecule has 0 fully saturated rings. The standard InChI is InChI=1S/C11H11BrN4/c1-7-4-2-3-5-8(7)16-11-9(12)10(13)14-6-15-11/h2-6H,1H3,(H3,13,14,15,16). The highest BCUT2D eigenvalue weighted by Gasteiger charge is 2.06. The summed E-state index contributed by atoms with van der Waals surface area (Å²) in [5.41, 5.74) is 7.82. The van der Waals surface area contributed by atoms with Crippen LogP contribution in [0.1, 0.15) is 5.56 Å². The smallest absolute Gasteiger partial charge is 0.150 e. The highest BCUT2D eigenvalue weighted by molar-refractivity contribution is 9.10. The van der Waals surface area contributed by atoms with Gasteiger partial charge >= 0.3 is 0 Å². The average Bonchev–Trinajstić information content (AvgIpc) is 2.28. The minimum Gasteiger partial charge on any atom is -0.383 e. The highest BCUT2D eigenvalue weighted by Crippen LogP contribution is 2.27. The summed E-state index contributed by atoms with van der Waals surface area (Å²) in [6.07, 6.45) is 1.43. The Morgan fingerprint density at radius 1 is 1.25 bits per heavy atom. The number of hydrogen-bond donors (Lipinski definition) is 2. The van der Waals surface area contributed by atoms with Crippen LogP contribution in [-0.2, 0) is 0 Å². The number of anilines is 3. The lowest BCUT2D eigenvalue weighted by Crippen LogP contribution is -2.00. The number of nitrogens with one attached hydrogen (secondary N) is 1. The number of halogens is 1. The molecule has 0 unspecified atom stereocenters. The van der Waals surface area contributed by atoms with Crippen LogP contribution >= 0.6 is 15.9 Å². The van der Waals surface area contributed by atoms with Gasteiger partial charge in [-0.3, -0.25) is 0 Å². The quantitative estimate of drug-likeness (QED) is 0.887. The number of para-hydroxylation sites is 1. The van der Waals surface area contributed by atoms with Crippen molar-refractivity contribution in [3.63, 3.8) is 0 Å². The molecule has 2 aromatic rings. The van der Waals surface area contributed by atoms with Crippen molar-refractivity contribution in [1.82, 2.24) is 9.97 Å². The van der Waals surface area contributed by atoms with Crippen LogP contribution in [-0.4, -0.2) is 9.97 Å². The van der Waals surface area contributed by atoms with Gasteiger partial charge in [0, 0.05) is 5.69 Å². The molecule has 1 aromatic carbocycles. The van der Waals surface area contributed by atoms with Crippen LogP contribution in [0.4, 0.5) is 17.3 Å². The van der Waals surface area contributed by atoms with Crippen LogP contribution in [0.25, 0.3) is 0 Å². The molecule has 0 bridgehead atoms. The van der Waals surface area contributed by atoms with E-state index in [1.165, 1.54) is 6.33 Å². The molecule has 0 aliphatic rings. The van der Waals surface area contributed by atoms with Crippen molar-refractivity contribution in [2.75, 3.05) is 11.1 Å². The Morgan fingerprint density at radius 3 is 2.75 bits per heavy atom. The molecule has 1 heterocycles. The van der Waals surface area contributed by atoms with E-state index in [1.54, 1.807) is 0 Å². The normalized spacial score (nSPS) is 10.1. The molecular weight excluding hydrogens is 268 g/mol. The molecule has 1 aromatic heterocycles. The maximum absolute atomic E-state index is 5.67. The predicted octanol–water partition coefficient (Wildman–Crippen LogP) is 2.87. The number of benzene rings is 1. The van der Waals surface area contributed by atoms with E-state index in [1.807, 2.05) is 31.2 Å². The summed E-state index contributed by atoms with van der Waals surface area (Å²) < 4.78 is 0.679. The van der Waals surface area contributed by atoms with Gasteiger partial charge in [-0.2, -0.15) is 0 Å². The van der Waals surface area contributed by atoms with Crippen LogP contribution in [0, 0.1) is 6.92 Å². The Hall–Kier alpha value is -1.62. The summed E-state index contributed by atoms with van der Waals surface area (Å²) in [5, 5.41) is 3.20. The van der Waals surface area contributed by atoms with E-state index < -0.39 is 0 Å². The summed E-state index contributed by atoms with van der Waals surface area (Å²) in [6.45, 7) is 2.03. The van der Waals surface area contributed by atoms with Gasteiger partial charge in [0.15, 0.2) is 0 Å². The molecular formula is C11H11BrN4. The molecule has 0 saturated carbocycles. The fourth-order valence-corrected chi connectivity index (χ4v) is 1.62. The van der Waals surface area contributed by atoms with Crippen molar-refractivity contribution in [3.05, 3.63) is 40.6 Å². The van der Waals surface area contributed by atoms with E-state index in [0.717, 1.165) is 11.3 Å². The maximum Gasteiger partial charge on any atom is 0.150 e. The summed E-state index contributed by atoms with van der Waals surface area (Å²) in [7, 11) is 0. The zero-order valence-electron chi connectivity index (χ0n) is 8.74. The van der Waals surface area contributed by atoms with Gasteiger partial charge < -0.3 is 11.1 Å². The second-order valence-electron chi connectivity index (χ2n) is 3.36. The Bertz CT molecular complexity index is 513. The van der Waals surface area contributed by atoms with Crippen LogP contribution in [0.3, 0.4) is 0 Å². The first-order valence-electron chi connectivity index (χ1n) is 4.77. The van der Waals surface area contributed by atoms with E-state index in [2.05, 4.69) is 31.2 Å². The van der Waals surface area contributed by atoms with E-state index in [9.17, 15) is 0 Å². The van der Waals surface area contributed by atoms with Crippen molar-refractivity contribution >= 4 is 33.3 Å². The van der Waals surface area contributed by atoms with Gasteiger partial charge in [-0.25, -0.2) is 9.97 Å². The lowest BCUT2D eigenvalue weighted by atomic mass is 10.2. The van der Waals surface area contributed by atoms with Crippen molar-refractivity contribution < 1.29 is 0 Å². The Balaban J connectivity index is 2.35. The number of aromatic nitrogens is 2. The first kappa shape index (κ1) is 10.9. The number of nitrogens with zero attached hydrogens (tertiary/aromatic N) is 2. The van der Waals surface area contributed by atoms with Crippen molar-refractivity contribution in [1.29, 1.82) is 0 Å². The number of nitrogen functional groups attached to an aromatic ring is 1. The fraction of sp³-hybridized carbons (Fsp3) is 0.0909. The second-order valence-corrected chi connectivity index (χ2v) is 4.15. The molecule has 82 valence electrons. The van der Waals surface area contributed by atoms with E-state index in [0.29, 0.717) is 16.1 Å². The Morgan fingerprint density at radius 2 is 2.00 bits per heavy atom. The number of rotatable bonds is 2. The molecule has 5 heteroatoms. The monoisotopic (exact) mass is 278 g/mol. The maximum atomic E-state index is 5.67. The molecule has 0 radical (unpaired) electrons. The van der Waals surface area contributed by atoms with Crippen molar-refractivity contribution in [3.8, 4) is 0 Å². The van der Waals surface area contributed by atoms with Crippen molar-refractivity contribution in [2.24, 2.45) is 0 Å². The van der Waals surface area contributed by atoms with Gasteiger partial charge in [0.2, 0.25) is 0 Å². The molecule has 0 atom stereocenters. The fourth-order valence-electron chi connectivity index (χ4n) is 1.31. The van der Waals surface area contributed by atoms with Crippen LogP contribution in [0.15, 0.2) is 35.1 Å². The van der Waals surface area contributed by atoms with Gasteiger partial charge in [0.25, 0.3) is 0 Å². The molecule has 0 spiro atoms. The molecule has 0 aliphatic carbocycles. The molecule has 16 heavy (non-hydrogen) atoms. The summed E-state index contributed by atoms with van der Waals surface area (Å²) in [5.74, 6) is 1.09. The van der Waals surface area contributed by atoms with Gasteiger partial charge in [-0.15, -0.1) is 0 Å². The van der Waals surface area contributed by atoms with E-state index in [-0.39, 0.29) is 0 Å². The molecule has 2 rings (SSSR count). The number of hydrogen-bond acceptors (Lipinski definition) is 4. The molecule has 4 nitrogen and oxygen atoms in total. The van der Waals surface area contributed by atoms with Gasteiger partial charge in [-0.1, -0.05) is 18.2 Å². The minimum absolute atomic E-state index is 0.422. The molecule has 3 N–H and O–H groups in total. The van der Waals surface area contributed by atoms with Crippen LogP contribution < -0.4 is 11.1 Å². The van der Waals surface area contributed by atoms with E-state index in [4.69, 9.17) is 5.73 Å². The summed E-state index contributed by atoms with van der Waals surface area (Å²) in [6, 6.07) is 7.97. The molecule has 0 amide bonds. The minimum atomic E-state index is 0.422. The molecule has 0 aliphatic heterocycles. The average molecular weight is 279 g/mol. The van der Waals surface area contributed by atoms with Crippen molar-refractivity contribution in [2.45, 2.75) is 6.92 Å². The third-order valence-corrected chi connectivity index (χ3v) is 3.00. The Kier molecular flexibility index (Phi) is 3.05. The summed E-state index contributed by atoms with van der Waals surface area (Å²) >= 11 is 3.35. The van der Waals surface area contributed by atoms with E-state index >= 15 is 0 Å². The van der Waals surface area contributed by atoms with Gasteiger partial charge in [0.05, 0.1) is 0 Å². The first-order chi connectivity index (χ1) is 7.68. The number of nitrogens with two attached hydrogens (primary N) is 1. The molecule has 0 saturated heterocycles. The van der Waals surface area contributed by atoms with Gasteiger partial charge in [0.1, 0.15) is 22.4 Å². The highest BCUT2D eigenvalue weighted by atomic mass is 79.9. The van der Waals surface area contributed by atoms with Crippen LogP contribution in [0.2, 0.25) is 0 Å².